The van der Waals surface area contributed by atoms with E-state index in [-0.39, 0.29) is 0 Å². The minimum Gasteiger partial charge on any atom is -0.313 e. The van der Waals surface area contributed by atoms with Crippen LogP contribution in [0.15, 0.2) is 0 Å². The van der Waals surface area contributed by atoms with Crippen LogP contribution in [-0.2, 0) is 0 Å². The molecule has 1 N–H and O–H groups in total. The van der Waals surface area contributed by atoms with Crippen LogP contribution in [0.25, 0.3) is 0 Å². The zero-order valence-corrected chi connectivity index (χ0v) is 11.1. The summed E-state index contributed by atoms with van der Waals surface area (Å²) in [6, 6.07) is 0.837. The number of hydrogen-bond acceptors (Lipinski definition) is 1. The van der Waals surface area contributed by atoms with Crippen molar-refractivity contribution in [2.45, 2.75) is 83.6 Å². The third-order valence-electron chi connectivity index (χ3n) is 5.04. The second-order valence-corrected chi connectivity index (χ2v) is 6.13. The Balaban J connectivity index is 1.70. The highest BCUT2D eigenvalue weighted by molar-refractivity contribution is 4.89. The first kappa shape index (κ1) is 12.4. The van der Waals surface area contributed by atoms with E-state index in [1.54, 1.807) is 0 Å². The fourth-order valence-electron chi connectivity index (χ4n) is 3.35. The fourth-order valence-corrected chi connectivity index (χ4v) is 3.35. The van der Waals surface area contributed by atoms with Gasteiger partial charge in [0.15, 0.2) is 0 Å². The predicted octanol–water partition coefficient (Wildman–Crippen LogP) is 4.27. The van der Waals surface area contributed by atoms with Crippen LogP contribution in [0.4, 0.5) is 0 Å². The van der Waals surface area contributed by atoms with Gasteiger partial charge in [-0.2, -0.15) is 0 Å². The summed E-state index contributed by atoms with van der Waals surface area (Å²) in [5.74, 6) is 0. The Morgan fingerprint density at radius 1 is 0.938 bits per heavy atom. The Morgan fingerprint density at radius 3 is 2.06 bits per heavy atom. The third-order valence-corrected chi connectivity index (χ3v) is 5.04. The van der Waals surface area contributed by atoms with E-state index in [9.17, 15) is 0 Å². The van der Waals surface area contributed by atoms with Crippen molar-refractivity contribution in [3.8, 4) is 0 Å². The summed E-state index contributed by atoms with van der Waals surface area (Å²) in [6.07, 6.45) is 16.0. The largest absolute Gasteiger partial charge is 0.313 e. The SMILES string of the molecule is CCC1(CNC2CCCCCCC2)CCC1. The zero-order valence-electron chi connectivity index (χ0n) is 11.1. The number of nitrogens with one attached hydrogen (secondary N) is 1. The monoisotopic (exact) mass is 223 g/mol. The number of hydrogen-bond donors (Lipinski definition) is 1. The lowest BCUT2D eigenvalue weighted by Gasteiger charge is -2.42. The summed E-state index contributed by atoms with van der Waals surface area (Å²) < 4.78 is 0. The first-order valence-electron chi connectivity index (χ1n) is 7.58. The molecule has 2 fully saturated rings. The molecule has 0 bridgehead atoms. The van der Waals surface area contributed by atoms with Crippen molar-refractivity contribution >= 4 is 0 Å². The van der Waals surface area contributed by atoms with Gasteiger partial charge in [0.25, 0.3) is 0 Å². The molecule has 0 aromatic rings. The molecule has 16 heavy (non-hydrogen) atoms. The molecule has 0 spiro atoms. The molecule has 0 aromatic carbocycles. The molecule has 0 aliphatic heterocycles. The molecule has 2 aliphatic carbocycles. The molecule has 2 rings (SSSR count). The van der Waals surface area contributed by atoms with Crippen LogP contribution in [0.3, 0.4) is 0 Å². The maximum atomic E-state index is 3.88. The van der Waals surface area contributed by atoms with Crippen LogP contribution in [-0.4, -0.2) is 12.6 Å². The van der Waals surface area contributed by atoms with Crippen LogP contribution in [0.5, 0.6) is 0 Å². The molecule has 1 heteroatoms. The summed E-state index contributed by atoms with van der Waals surface area (Å²) in [5, 5.41) is 3.88. The maximum Gasteiger partial charge on any atom is 0.00672 e. The fraction of sp³-hybridized carbons (Fsp3) is 1.00. The van der Waals surface area contributed by atoms with Gasteiger partial charge in [-0.3, -0.25) is 0 Å². The molecule has 0 heterocycles. The molecular weight excluding hydrogens is 194 g/mol. The minimum atomic E-state index is 0.697. The maximum absolute atomic E-state index is 3.88. The van der Waals surface area contributed by atoms with Crippen molar-refractivity contribution in [3.63, 3.8) is 0 Å². The molecule has 2 aliphatic rings. The molecule has 0 saturated heterocycles. The molecule has 0 unspecified atom stereocenters. The lowest BCUT2D eigenvalue weighted by atomic mass is 9.67. The quantitative estimate of drug-likeness (QED) is 0.750. The second kappa shape index (κ2) is 6.05. The normalized spacial score (nSPS) is 26.8. The minimum absolute atomic E-state index is 0.697. The Hall–Kier alpha value is -0.0400. The third kappa shape index (κ3) is 3.23. The van der Waals surface area contributed by atoms with Crippen LogP contribution in [0.1, 0.15) is 77.6 Å². The van der Waals surface area contributed by atoms with Gasteiger partial charge in [-0.05, 0) is 37.5 Å². The standard InChI is InChI=1S/C15H29N/c1-2-15(11-8-12-15)13-16-14-9-6-4-3-5-7-10-14/h14,16H,2-13H2,1H3. The predicted molar refractivity (Wildman–Crippen MR) is 70.7 cm³/mol. The lowest BCUT2D eigenvalue weighted by Crippen LogP contribution is -2.43. The molecule has 0 atom stereocenters. The van der Waals surface area contributed by atoms with Gasteiger partial charge in [0, 0.05) is 12.6 Å². The summed E-state index contributed by atoms with van der Waals surface area (Å²) >= 11 is 0. The Bertz CT molecular complexity index is 182. The van der Waals surface area contributed by atoms with Crippen LogP contribution >= 0.6 is 0 Å². The highest BCUT2D eigenvalue weighted by atomic mass is 14.9. The highest BCUT2D eigenvalue weighted by Crippen LogP contribution is 2.43. The summed E-state index contributed by atoms with van der Waals surface area (Å²) in [6.45, 7) is 3.67. The van der Waals surface area contributed by atoms with Crippen molar-refractivity contribution in [2.75, 3.05) is 6.54 Å². The average molecular weight is 223 g/mol. The molecule has 1 nitrogen and oxygen atoms in total. The topological polar surface area (TPSA) is 12.0 Å². The van der Waals surface area contributed by atoms with Crippen molar-refractivity contribution in [3.05, 3.63) is 0 Å². The van der Waals surface area contributed by atoms with Gasteiger partial charge < -0.3 is 5.32 Å². The van der Waals surface area contributed by atoms with Crippen molar-refractivity contribution < 1.29 is 0 Å². The summed E-state index contributed by atoms with van der Waals surface area (Å²) in [5.41, 5.74) is 0.697. The lowest BCUT2D eigenvalue weighted by molar-refractivity contribution is 0.116. The van der Waals surface area contributed by atoms with E-state index in [4.69, 9.17) is 0 Å². The van der Waals surface area contributed by atoms with Crippen molar-refractivity contribution in [1.82, 2.24) is 5.32 Å². The van der Waals surface area contributed by atoms with Gasteiger partial charge >= 0.3 is 0 Å². The van der Waals surface area contributed by atoms with Crippen molar-refractivity contribution in [1.29, 1.82) is 0 Å². The van der Waals surface area contributed by atoms with Gasteiger partial charge in [-0.25, -0.2) is 0 Å². The van der Waals surface area contributed by atoms with Crippen LogP contribution in [0, 0.1) is 5.41 Å². The molecule has 0 amide bonds. The molecular formula is C15H29N. The molecule has 2 saturated carbocycles. The van der Waals surface area contributed by atoms with E-state index in [0.717, 1.165) is 6.04 Å². The summed E-state index contributed by atoms with van der Waals surface area (Å²) in [7, 11) is 0. The smallest absolute Gasteiger partial charge is 0.00672 e. The van der Waals surface area contributed by atoms with Gasteiger partial charge in [0.1, 0.15) is 0 Å². The first-order chi connectivity index (χ1) is 7.85. The van der Waals surface area contributed by atoms with E-state index in [0.29, 0.717) is 5.41 Å². The van der Waals surface area contributed by atoms with E-state index in [1.807, 2.05) is 0 Å². The van der Waals surface area contributed by atoms with Gasteiger partial charge in [0.05, 0.1) is 0 Å². The first-order valence-corrected chi connectivity index (χ1v) is 7.58. The van der Waals surface area contributed by atoms with Gasteiger partial charge in [-0.15, -0.1) is 0 Å². The molecule has 0 radical (unpaired) electrons. The molecule has 0 aromatic heterocycles. The van der Waals surface area contributed by atoms with Crippen molar-refractivity contribution in [2.24, 2.45) is 5.41 Å². The Kier molecular flexibility index (Phi) is 4.69. The van der Waals surface area contributed by atoms with E-state index in [2.05, 4.69) is 12.2 Å². The highest BCUT2D eigenvalue weighted by Gasteiger charge is 2.34. The molecule has 94 valence electrons. The second-order valence-electron chi connectivity index (χ2n) is 6.13. The van der Waals surface area contributed by atoms with E-state index < -0.39 is 0 Å². The summed E-state index contributed by atoms with van der Waals surface area (Å²) in [4.78, 5) is 0. The Labute approximate surface area is 101 Å². The Morgan fingerprint density at radius 2 is 1.56 bits per heavy atom. The average Bonchev–Trinajstić information content (AvgIpc) is 2.19. The van der Waals surface area contributed by atoms with E-state index >= 15 is 0 Å². The van der Waals surface area contributed by atoms with Crippen LogP contribution in [0.2, 0.25) is 0 Å². The zero-order chi connectivity index (χ0) is 11.3. The van der Waals surface area contributed by atoms with E-state index in [1.165, 1.54) is 77.2 Å². The van der Waals surface area contributed by atoms with Gasteiger partial charge in [0.2, 0.25) is 0 Å². The number of rotatable bonds is 4. The van der Waals surface area contributed by atoms with Crippen LogP contribution < -0.4 is 5.32 Å². The van der Waals surface area contributed by atoms with Gasteiger partial charge in [-0.1, -0.05) is 45.4 Å².